The Kier molecular flexibility index (Phi) is 5.64. The van der Waals surface area contributed by atoms with Crippen LogP contribution < -0.4 is 0 Å². The van der Waals surface area contributed by atoms with Crippen molar-refractivity contribution in [1.82, 2.24) is 14.8 Å². The van der Waals surface area contributed by atoms with Crippen molar-refractivity contribution in [1.29, 1.82) is 0 Å². The Morgan fingerprint density at radius 1 is 1.00 bits per heavy atom. The lowest BCUT2D eigenvalue weighted by atomic mass is 9.49. The summed E-state index contributed by atoms with van der Waals surface area (Å²) in [6.45, 7) is 1.17. The first-order chi connectivity index (χ1) is 13.7. The molecule has 4 fully saturated rings. The second kappa shape index (κ2) is 7.91. The monoisotopic (exact) mass is 413 g/mol. The van der Waals surface area contributed by atoms with Crippen molar-refractivity contribution in [2.24, 2.45) is 23.2 Å². The van der Waals surface area contributed by atoms with Gasteiger partial charge in [0.25, 0.3) is 0 Å². The zero-order valence-corrected chi connectivity index (χ0v) is 16.8. The highest BCUT2D eigenvalue weighted by molar-refractivity contribution is 5.73. The van der Waals surface area contributed by atoms with Gasteiger partial charge in [-0.05, 0) is 74.5 Å². The lowest BCUT2D eigenvalue weighted by molar-refractivity contribution is -0.192. The van der Waals surface area contributed by atoms with Gasteiger partial charge in [0.2, 0.25) is 0 Å². The van der Waals surface area contributed by atoms with Crippen LogP contribution in [-0.4, -0.2) is 32.0 Å². The Labute approximate surface area is 169 Å². The molecule has 29 heavy (non-hydrogen) atoms. The van der Waals surface area contributed by atoms with E-state index in [9.17, 15) is 13.2 Å². The summed E-state index contributed by atoms with van der Waals surface area (Å²) < 4.78 is 34.2. The van der Waals surface area contributed by atoms with E-state index in [-0.39, 0.29) is 0 Å². The molecule has 4 saturated carbocycles. The number of alkyl halides is 3. The summed E-state index contributed by atoms with van der Waals surface area (Å²) in [5, 5.41) is 16.4. The van der Waals surface area contributed by atoms with Crippen LogP contribution in [-0.2, 0) is 24.2 Å². The molecule has 0 spiro atoms. The number of aromatic nitrogens is 3. The molecular weight excluding hydrogens is 383 g/mol. The molecule has 2 heterocycles. The maximum atomic E-state index is 10.6. The quantitative estimate of drug-likeness (QED) is 0.757. The van der Waals surface area contributed by atoms with E-state index in [1.165, 1.54) is 88.8 Å². The number of aryl methyl sites for hydroxylation is 1. The third-order valence-corrected chi connectivity index (χ3v) is 7.38. The van der Waals surface area contributed by atoms with Crippen LogP contribution in [0, 0.1) is 23.2 Å². The standard InChI is InChI=1S/C19H29N3.C2HF3O2/c1-2-4-6-22-17(5-3-1)20-21-18(22)13-19-10-14-7-15(11-19)9-16(8-14)12-19;3-2(4,5)1(6)7/h14-16H,1-13H2;(H,6,7). The van der Waals surface area contributed by atoms with Gasteiger partial charge in [-0.3, -0.25) is 0 Å². The number of rotatable bonds is 2. The first-order valence-corrected chi connectivity index (χ1v) is 11.0. The number of carboxylic acids is 1. The number of hydrogen-bond donors (Lipinski definition) is 1. The van der Waals surface area contributed by atoms with Crippen LogP contribution >= 0.6 is 0 Å². The van der Waals surface area contributed by atoms with Gasteiger partial charge in [-0.1, -0.05) is 12.8 Å². The van der Waals surface area contributed by atoms with Gasteiger partial charge in [0, 0.05) is 19.4 Å². The molecule has 1 aromatic rings. The fourth-order valence-electron chi connectivity index (χ4n) is 6.69. The van der Waals surface area contributed by atoms with Crippen molar-refractivity contribution in [3.05, 3.63) is 11.6 Å². The molecular formula is C21H30F3N3O2. The molecule has 4 bridgehead atoms. The molecule has 8 heteroatoms. The predicted octanol–water partition coefficient (Wildman–Crippen LogP) is 4.79. The van der Waals surface area contributed by atoms with Gasteiger partial charge < -0.3 is 9.67 Å². The van der Waals surface area contributed by atoms with E-state index < -0.39 is 12.1 Å². The smallest absolute Gasteiger partial charge is 0.475 e. The van der Waals surface area contributed by atoms with E-state index in [2.05, 4.69) is 14.8 Å². The van der Waals surface area contributed by atoms with Gasteiger partial charge in [-0.25, -0.2) is 4.79 Å². The molecule has 0 aromatic carbocycles. The third kappa shape index (κ3) is 4.61. The van der Waals surface area contributed by atoms with E-state index in [0.29, 0.717) is 5.41 Å². The Morgan fingerprint density at radius 3 is 2.10 bits per heavy atom. The highest BCUT2D eigenvalue weighted by Gasteiger charge is 2.51. The molecule has 0 unspecified atom stereocenters. The van der Waals surface area contributed by atoms with Gasteiger partial charge in [0.05, 0.1) is 0 Å². The maximum Gasteiger partial charge on any atom is 0.490 e. The molecule has 4 aliphatic carbocycles. The highest BCUT2D eigenvalue weighted by atomic mass is 19.4. The molecule has 0 atom stereocenters. The number of carboxylic acid groups (broad SMARTS) is 1. The molecule has 1 aromatic heterocycles. The van der Waals surface area contributed by atoms with E-state index in [1.54, 1.807) is 0 Å². The van der Waals surface area contributed by atoms with Crippen molar-refractivity contribution in [3.8, 4) is 0 Å². The molecule has 5 aliphatic rings. The van der Waals surface area contributed by atoms with Crippen LogP contribution in [0.3, 0.4) is 0 Å². The predicted molar refractivity (Wildman–Crippen MR) is 100 cm³/mol. The summed E-state index contributed by atoms with van der Waals surface area (Å²) in [6.07, 6.45) is 11.7. The summed E-state index contributed by atoms with van der Waals surface area (Å²) in [6, 6.07) is 0. The van der Waals surface area contributed by atoms with Gasteiger partial charge >= 0.3 is 12.1 Å². The number of fused-ring (bicyclic) bond motifs is 1. The topological polar surface area (TPSA) is 68.0 Å². The summed E-state index contributed by atoms with van der Waals surface area (Å²) in [5.74, 6) is 2.98. The van der Waals surface area contributed by atoms with Crippen molar-refractivity contribution >= 4 is 5.97 Å². The first-order valence-electron chi connectivity index (χ1n) is 11.0. The highest BCUT2D eigenvalue weighted by Crippen LogP contribution is 2.60. The van der Waals surface area contributed by atoms with E-state index in [0.717, 1.165) is 24.2 Å². The fraction of sp³-hybridized carbons (Fsp3) is 0.857. The second-order valence-corrected chi connectivity index (χ2v) is 9.75. The molecule has 6 rings (SSSR count). The SMILES string of the molecule is C1CCCn2c(nnc2CC23CC4CC(CC(C4)C2)C3)CC1.O=C(O)C(F)(F)F. The lowest BCUT2D eigenvalue weighted by Gasteiger charge is -2.56. The number of halogens is 3. The van der Waals surface area contributed by atoms with Crippen molar-refractivity contribution in [2.75, 3.05) is 0 Å². The Hall–Kier alpha value is -1.60. The second-order valence-electron chi connectivity index (χ2n) is 9.75. The molecule has 0 radical (unpaired) electrons. The van der Waals surface area contributed by atoms with Gasteiger partial charge in [-0.2, -0.15) is 13.2 Å². The normalized spacial score (nSPS) is 33.3. The minimum atomic E-state index is -5.08. The molecule has 5 nitrogen and oxygen atoms in total. The molecule has 162 valence electrons. The van der Waals surface area contributed by atoms with Crippen molar-refractivity contribution in [2.45, 2.75) is 89.8 Å². The molecule has 0 amide bonds. The van der Waals surface area contributed by atoms with Gasteiger partial charge in [0.1, 0.15) is 11.6 Å². The average molecular weight is 413 g/mol. The average Bonchev–Trinajstić information content (AvgIpc) is 2.93. The van der Waals surface area contributed by atoms with Crippen LogP contribution in [0.5, 0.6) is 0 Å². The summed E-state index contributed by atoms with van der Waals surface area (Å²) in [5.41, 5.74) is 0.598. The van der Waals surface area contributed by atoms with E-state index >= 15 is 0 Å². The number of aliphatic carboxylic acids is 1. The first kappa shape index (κ1) is 20.7. The van der Waals surface area contributed by atoms with Crippen LogP contribution in [0.15, 0.2) is 0 Å². The zero-order valence-electron chi connectivity index (χ0n) is 16.8. The lowest BCUT2D eigenvalue weighted by Crippen LogP contribution is -2.47. The Balaban J connectivity index is 0.000000255. The summed E-state index contributed by atoms with van der Waals surface area (Å²) in [7, 11) is 0. The number of nitrogens with zero attached hydrogens (tertiary/aromatic N) is 3. The van der Waals surface area contributed by atoms with Crippen LogP contribution in [0.1, 0.15) is 75.9 Å². The number of hydrogen-bond acceptors (Lipinski definition) is 3. The van der Waals surface area contributed by atoms with Gasteiger partial charge in [-0.15, -0.1) is 10.2 Å². The van der Waals surface area contributed by atoms with E-state index in [1.807, 2.05) is 0 Å². The maximum absolute atomic E-state index is 10.6. The minimum Gasteiger partial charge on any atom is -0.475 e. The zero-order chi connectivity index (χ0) is 20.6. The molecule has 0 saturated heterocycles. The molecule has 1 N–H and O–H groups in total. The van der Waals surface area contributed by atoms with Crippen molar-refractivity contribution in [3.63, 3.8) is 0 Å². The van der Waals surface area contributed by atoms with Crippen LogP contribution in [0.25, 0.3) is 0 Å². The minimum absolute atomic E-state index is 0.598. The third-order valence-electron chi connectivity index (χ3n) is 7.38. The van der Waals surface area contributed by atoms with Crippen molar-refractivity contribution < 1.29 is 23.1 Å². The van der Waals surface area contributed by atoms with Crippen LogP contribution in [0.4, 0.5) is 13.2 Å². The van der Waals surface area contributed by atoms with E-state index in [4.69, 9.17) is 9.90 Å². The summed E-state index contributed by atoms with van der Waals surface area (Å²) >= 11 is 0. The van der Waals surface area contributed by atoms with Gasteiger partial charge in [0.15, 0.2) is 0 Å². The van der Waals surface area contributed by atoms with Crippen LogP contribution in [0.2, 0.25) is 0 Å². The Bertz CT molecular complexity index is 709. The largest absolute Gasteiger partial charge is 0.490 e. The Morgan fingerprint density at radius 2 is 1.55 bits per heavy atom. The summed E-state index contributed by atoms with van der Waals surface area (Å²) in [4.78, 5) is 8.90. The number of carbonyl (C=O) groups is 1. The fourth-order valence-corrected chi connectivity index (χ4v) is 6.69. The molecule has 1 aliphatic heterocycles.